The molecule has 0 heterocycles. The highest BCUT2D eigenvalue weighted by atomic mass is 16.5. The van der Waals surface area contributed by atoms with Gasteiger partial charge in [-0.25, -0.2) is 9.59 Å². The molecule has 0 amide bonds. The van der Waals surface area contributed by atoms with Crippen LogP contribution in [0.1, 0.15) is 31.8 Å². The van der Waals surface area contributed by atoms with Crippen LogP contribution < -0.4 is 0 Å². The molecule has 0 aromatic heterocycles. The Kier molecular flexibility index (Phi) is 5.09. The Balaban J connectivity index is 2.08. The molecule has 0 radical (unpaired) electrons. The van der Waals surface area contributed by atoms with Gasteiger partial charge in [0.25, 0.3) is 0 Å². The fourth-order valence-electron chi connectivity index (χ4n) is 1.89. The van der Waals surface area contributed by atoms with Crippen LogP contribution >= 0.6 is 0 Å². The second kappa shape index (κ2) is 7.22. The van der Waals surface area contributed by atoms with Gasteiger partial charge in [0.15, 0.2) is 0 Å². The summed E-state index contributed by atoms with van der Waals surface area (Å²) in [6.45, 7) is 0. The average molecular weight is 296 g/mol. The second-order valence-electron chi connectivity index (χ2n) is 4.56. The lowest BCUT2D eigenvalue weighted by Gasteiger charge is -2.00. The SMILES string of the molecule is COC(=O)c1ccc(/C=C/c2ccc(C(=O)OC)cc2)cc1. The maximum absolute atomic E-state index is 11.3. The van der Waals surface area contributed by atoms with Crippen molar-refractivity contribution in [2.75, 3.05) is 14.2 Å². The third kappa shape index (κ3) is 3.82. The summed E-state index contributed by atoms with van der Waals surface area (Å²) in [7, 11) is 2.71. The summed E-state index contributed by atoms with van der Waals surface area (Å²) in [5.74, 6) is -0.706. The summed E-state index contributed by atoms with van der Waals surface area (Å²) in [6, 6.07) is 14.2. The van der Waals surface area contributed by atoms with Crippen LogP contribution in [0.25, 0.3) is 12.2 Å². The number of esters is 2. The summed E-state index contributed by atoms with van der Waals surface area (Å²) in [6.07, 6.45) is 3.85. The molecule has 0 aliphatic carbocycles. The van der Waals surface area contributed by atoms with Gasteiger partial charge in [0, 0.05) is 0 Å². The van der Waals surface area contributed by atoms with Crippen molar-refractivity contribution in [2.24, 2.45) is 0 Å². The molecule has 4 heteroatoms. The highest BCUT2D eigenvalue weighted by molar-refractivity contribution is 5.90. The molecule has 112 valence electrons. The molecular formula is C18H16O4. The number of rotatable bonds is 4. The van der Waals surface area contributed by atoms with Gasteiger partial charge in [-0.15, -0.1) is 0 Å². The predicted octanol–water partition coefficient (Wildman–Crippen LogP) is 3.43. The van der Waals surface area contributed by atoms with E-state index in [4.69, 9.17) is 0 Å². The van der Waals surface area contributed by atoms with Crippen LogP contribution in [0.3, 0.4) is 0 Å². The van der Waals surface area contributed by atoms with E-state index in [-0.39, 0.29) is 11.9 Å². The third-order valence-electron chi connectivity index (χ3n) is 3.13. The maximum Gasteiger partial charge on any atom is 0.337 e. The van der Waals surface area contributed by atoms with Crippen molar-refractivity contribution in [1.29, 1.82) is 0 Å². The van der Waals surface area contributed by atoms with Gasteiger partial charge in [-0.1, -0.05) is 36.4 Å². The Morgan fingerprint density at radius 1 is 0.682 bits per heavy atom. The topological polar surface area (TPSA) is 52.6 Å². The first-order valence-corrected chi connectivity index (χ1v) is 6.69. The minimum Gasteiger partial charge on any atom is -0.465 e. The number of carbonyl (C=O) groups excluding carboxylic acids is 2. The standard InChI is InChI=1S/C18H16O4/c1-21-17(19)15-9-5-13(6-10-15)3-4-14-7-11-16(12-8-14)18(20)22-2/h3-12H,1-2H3/b4-3+. The first-order chi connectivity index (χ1) is 10.6. The molecule has 0 unspecified atom stereocenters. The van der Waals surface area contributed by atoms with Crippen molar-refractivity contribution in [3.05, 3.63) is 70.8 Å². The summed E-state index contributed by atoms with van der Waals surface area (Å²) in [5.41, 5.74) is 2.96. The molecule has 22 heavy (non-hydrogen) atoms. The molecule has 0 saturated carbocycles. The van der Waals surface area contributed by atoms with Gasteiger partial charge in [0.1, 0.15) is 0 Å². The fraction of sp³-hybridized carbons (Fsp3) is 0.111. The van der Waals surface area contributed by atoms with E-state index in [1.807, 2.05) is 36.4 Å². The molecular weight excluding hydrogens is 280 g/mol. The van der Waals surface area contributed by atoms with Crippen molar-refractivity contribution in [3.63, 3.8) is 0 Å². The van der Waals surface area contributed by atoms with Gasteiger partial charge < -0.3 is 9.47 Å². The van der Waals surface area contributed by atoms with Gasteiger partial charge in [0.2, 0.25) is 0 Å². The fourth-order valence-corrected chi connectivity index (χ4v) is 1.89. The molecule has 0 aliphatic rings. The summed E-state index contributed by atoms with van der Waals surface area (Å²) >= 11 is 0. The number of carbonyl (C=O) groups is 2. The largest absolute Gasteiger partial charge is 0.465 e. The van der Waals surface area contributed by atoms with Crippen LogP contribution in [0.5, 0.6) is 0 Å². The minimum absolute atomic E-state index is 0.353. The molecule has 2 rings (SSSR count). The zero-order chi connectivity index (χ0) is 15.9. The third-order valence-corrected chi connectivity index (χ3v) is 3.13. The highest BCUT2D eigenvalue weighted by Gasteiger charge is 2.04. The molecule has 0 bridgehead atoms. The van der Waals surface area contributed by atoms with Crippen molar-refractivity contribution >= 4 is 24.1 Å². The highest BCUT2D eigenvalue weighted by Crippen LogP contribution is 2.12. The monoisotopic (exact) mass is 296 g/mol. The van der Waals surface area contributed by atoms with E-state index < -0.39 is 0 Å². The summed E-state index contributed by atoms with van der Waals surface area (Å²) < 4.78 is 9.30. The molecule has 4 nitrogen and oxygen atoms in total. The van der Waals surface area contributed by atoms with Crippen LogP contribution in [0.4, 0.5) is 0 Å². The number of hydrogen-bond donors (Lipinski definition) is 0. The molecule has 2 aromatic carbocycles. The van der Waals surface area contributed by atoms with Crippen LogP contribution in [-0.2, 0) is 9.47 Å². The first kappa shape index (κ1) is 15.5. The van der Waals surface area contributed by atoms with Crippen molar-refractivity contribution in [2.45, 2.75) is 0 Å². The quantitative estimate of drug-likeness (QED) is 0.640. The second-order valence-corrected chi connectivity index (χ2v) is 4.56. The Hall–Kier alpha value is -2.88. The van der Waals surface area contributed by atoms with Crippen LogP contribution in [0, 0.1) is 0 Å². The first-order valence-electron chi connectivity index (χ1n) is 6.69. The predicted molar refractivity (Wildman–Crippen MR) is 84.5 cm³/mol. The Morgan fingerprint density at radius 2 is 1.00 bits per heavy atom. The minimum atomic E-state index is -0.353. The van der Waals surface area contributed by atoms with Gasteiger partial charge in [-0.3, -0.25) is 0 Å². The molecule has 0 N–H and O–H groups in total. The van der Waals surface area contributed by atoms with Crippen LogP contribution in [-0.4, -0.2) is 26.2 Å². The van der Waals surface area contributed by atoms with Crippen LogP contribution in [0.2, 0.25) is 0 Å². The number of methoxy groups -OCH3 is 2. The van der Waals surface area contributed by atoms with E-state index in [9.17, 15) is 9.59 Å². The lowest BCUT2D eigenvalue weighted by molar-refractivity contribution is 0.0592. The van der Waals surface area contributed by atoms with E-state index in [1.54, 1.807) is 24.3 Å². The Bertz CT molecular complexity index is 621. The summed E-state index contributed by atoms with van der Waals surface area (Å²) in [5, 5.41) is 0. The number of ether oxygens (including phenoxy) is 2. The van der Waals surface area contributed by atoms with Crippen molar-refractivity contribution < 1.29 is 19.1 Å². The van der Waals surface area contributed by atoms with Gasteiger partial charge in [0.05, 0.1) is 25.3 Å². The van der Waals surface area contributed by atoms with Crippen molar-refractivity contribution in [3.8, 4) is 0 Å². The maximum atomic E-state index is 11.3. The zero-order valence-electron chi connectivity index (χ0n) is 12.4. The van der Waals surface area contributed by atoms with Gasteiger partial charge in [-0.2, -0.15) is 0 Å². The normalized spacial score (nSPS) is 10.5. The van der Waals surface area contributed by atoms with E-state index in [2.05, 4.69) is 9.47 Å². The smallest absolute Gasteiger partial charge is 0.337 e. The zero-order valence-corrected chi connectivity index (χ0v) is 12.4. The number of hydrogen-bond acceptors (Lipinski definition) is 4. The van der Waals surface area contributed by atoms with Crippen LogP contribution in [0.15, 0.2) is 48.5 Å². The molecule has 0 fully saturated rings. The lowest BCUT2D eigenvalue weighted by atomic mass is 10.1. The Morgan fingerprint density at radius 3 is 1.27 bits per heavy atom. The molecule has 0 aliphatic heterocycles. The van der Waals surface area contributed by atoms with E-state index >= 15 is 0 Å². The lowest BCUT2D eigenvalue weighted by Crippen LogP contribution is -2.00. The molecule has 0 atom stereocenters. The van der Waals surface area contributed by atoms with Gasteiger partial charge >= 0.3 is 11.9 Å². The molecule has 0 saturated heterocycles. The average Bonchev–Trinajstić information content (AvgIpc) is 2.59. The molecule has 2 aromatic rings. The Labute approximate surface area is 129 Å². The van der Waals surface area contributed by atoms with E-state index in [0.29, 0.717) is 11.1 Å². The summed E-state index contributed by atoms with van der Waals surface area (Å²) in [4.78, 5) is 22.7. The van der Waals surface area contributed by atoms with E-state index in [0.717, 1.165) is 11.1 Å². The molecule has 0 spiro atoms. The van der Waals surface area contributed by atoms with Gasteiger partial charge in [-0.05, 0) is 35.4 Å². The van der Waals surface area contributed by atoms with E-state index in [1.165, 1.54) is 14.2 Å². The number of benzene rings is 2. The van der Waals surface area contributed by atoms with Crippen molar-refractivity contribution in [1.82, 2.24) is 0 Å².